The van der Waals surface area contributed by atoms with E-state index in [1.165, 1.54) is 5.56 Å². The minimum absolute atomic E-state index is 0.626. The average Bonchev–Trinajstić information content (AvgIpc) is 2.45. The average molecular weight is 257 g/mol. The monoisotopic (exact) mass is 257 g/mol. The van der Waals surface area contributed by atoms with Gasteiger partial charge in [-0.25, -0.2) is 15.0 Å². The summed E-state index contributed by atoms with van der Waals surface area (Å²) >= 11 is 0. The van der Waals surface area contributed by atoms with Crippen LogP contribution in [0.25, 0.3) is 11.5 Å². The Labute approximate surface area is 113 Å². The Morgan fingerprint density at radius 2 is 2.00 bits per heavy atom. The Kier molecular flexibility index (Phi) is 4.39. The van der Waals surface area contributed by atoms with Crippen molar-refractivity contribution in [2.24, 2.45) is 0 Å². The molecule has 0 unspecified atom stereocenters. The smallest absolute Gasteiger partial charge is 0.182 e. The predicted molar refractivity (Wildman–Crippen MR) is 76.0 cm³/mol. The Morgan fingerprint density at radius 3 is 2.63 bits per heavy atom. The molecule has 5 nitrogen and oxygen atoms in total. The quantitative estimate of drug-likeness (QED) is 0.892. The second-order valence-corrected chi connectivity index (χ2v) is 4.33. The SMILES string of the molecule is CCCNc1nc(-c2cnccn2)nc(C)c1CC. The fraction of sp³-hybridized carbons (Fsp3) is 0.429. The summed E-state index contributed by atoms with van der Waals surface area (Å²) in [7, 11) is 0. The zero-order valence-corrected chi connectivity index (χ0v) is 11.6. The van der Waals surface area contributed by atoms with Gasteiger partial charge in [-0.2, -0.15) is 0 Å². The molecule has 100 valence electrons. The van der Waals surface area contributed by atoms with Crippen LogP contribution in [0.4, 0.5) is 5.82 Å². The van der Waals surface area contributed by atoms with E-state index in [2.05, 4.69) is 39.1 Å². The molecular weight excluding hydrogens is 238 g/mol. The number of hydrogen-bond donors (Lipinski definition) is 1. The summed E-state index contributed by atoms with van der Waals surface area (Å²) in [6.07, 6.45) is 6.96. The maximum Gasteiger partial charge on any atom is 0.182 e. The summed E-state index contributed by atoms with van der Waals surface area (Å²) in [5.74, 6) is 1.54. The van der Waals surface area contributed by atoms with Gasteiger partial charge in [0.2, 0.25) is 0 Å². The van der Waals surface area contributed by atoms with E-state index in [0.717, 1.165) is 30.9 Å². The molecule has 2 aromatic rings. The molecule has 0 spiro atoms. The molecule has 0 aliphatic rings. The van der Waals surface area contributed by atoms with Gasteiger partial charge in [0.15, 0.2) is 5.82 Å². The van der Waals surface area contributed by atoms with Gasteiger partial charge in [-0.1, -0.05) is 13.8 Å². The van der Waals surface area contributed by atoms with Crippen LogP contribution in [0.1, 0.15) is 31.5 Å². The zero-order chi connectivity index (χ0) is 13.7. The summed E-state index contributed by atoms with van der Waals surface area (Å²) < 4.78 is 0. The number of nitrogens with zero attached hydrogens (tertiary/aromatic N) is 4. The number of hydrogen-bond acceptors (Lipinski definition) is 5. The van der Waals surface area contributed by atoms with Crippen molar-refractivity contribution in [1.82, 2.24) is 19.9 Å². The van der Waals surface area contributed by atoms with Crippen LogP contribution >= 0.6 is 0 Å². The minimum atomic E-state index is 0.626. The van der Waals surface area contributed by atoms with E-state index in [1.807, 2.05) is 6.92 Å². The number of aromatic nitrogens is 4. The maximum absolute atomic E-state index is 4.59. The highest BCUT2D eigenvalue weighted by atomic mass is 15.0. The zero-order valence-electron chi connectivity index (χ0n) is 11.6. The first kappa shape index (κ1) is 13.4. The van der Waals surface area contributed by atoms with Gasteiger partial charge in [0.25, 0.3) is 0 Å². The first-order valence-electron chi connectivity index (χ1n) is 6.64. The van der Waals surface area contributed by atoms with Crippen LogP contribution in [0.5, 0.6) is 0 Å². The molecule has 0 atom stereocenters. The van der Waals surface area contributed by atoms with Crippen molar-refractivity contribution in [3.63, 3.8) is 0 Å². The molecule has 1 N–H and O–H groups in total. The van der Waals surface area contributed by atoms with Gasteiger partial charge in [0.1, 0.15) is 11.5 Å². The molecular formula is C14H19N5. The standard InChI is InChI=1S/C14H19N5/c1-4-6-17-13-11(5-2)10(3)18-14(19-13)12-9-15-7-8-16-12/h7-9H,4-6H2,1-3H3,(H,17,18,19). The predicted octanol–water partition coefficient (Wildman–Crippen LogP) is 2.63. The van der Waals surface area contributed by atoms with Gasteiger partial charge in [-0.3, -0.25) is 4.98 Å². The van der Waals surface area contributed by atoms with Crippen LogP contribution in [0.3, 0.4) is 0 Å². The van der Waals surface area contributed by atoms with E-state index < -0.39 is 0 Å². The molecule has 5 heteroatoms. The van der Waals surface area contributed by atoms with Gasteiger partial charge >= 0.3 is 0 Å². The van der Waals surface area contributed by atoms with Crippen LogP contribution in [0, 0.1) is 6.92 Å². The van der Waals surface area contributed by atoms with Crippen LogP contribution < -0.4 is 5.32 Å². The van der Waals surface area contributed by atoms with Crippen molar-refractivity contribution in [2.75, 3.05) is 11.9 Å². The van der Waals surface area contributed by atoms with Gasteiger partial charge < -0.3 is 5.32 Å². The van der Waals surface area contributed by atoms with E-state index in [1.54, 1.807) is 18.6 Å². The fourth-order valence-corrected chi connectivity index (χ4v) is 1.94. The van der Waals surface area contributed by atoms with E-state index in [4.69, 9.17) is 0 Å². The Morgan fingerprint density at radius 1 is 1.16 bits per heavy atom. The lowest BCUT2D eigenvalue weighted by molar-refractivity contribution is 0.935. The molecule has 19 heavy (non-hydrogen) atoms. The summed E-state index contributed by atoms with van der Waals surface area (Å²) in [6.45, 7) is 7.17. The third-order valence-corrected chi connectivity index (χ3v) is 2.90. The molecule has 0 fully saturated rings. The highest BCUT2D eigenvalue weighted by Crippen LogP contribution is 2.21. The van der Waals surface area contributed by atoms with Crippen LogP contribution in [-0.2, 0) is 6.42 Å². The highest BCUT2D eigenvalue weighted by molar-refractivity contribution is 5.55. The van der Waals surface area contributed by atoms with Crippen LogP contribution in [-0.4, -0.2) is 26.5 Å². The lowest BCUT2D eigenvalue weighted by Crippen LogP contribution is -2.09. The van der Waals surface area contributed by atoms with E-state index in [9.17, 15) is 0 Å². The molecule has 0 bridgehead atoms. The van der Waals surface area contributed by atoms with Crippen LogP contribution in [0.2, 0.25) is 0 Å². The number of rotatable bonds is 5. The van der Waals surface area contributed by atoms with Crippen molar-refractivity contribution in [2.45, 2.75) is 33.6 Å². The van der Waals surface area contributed by atoms with Crippen molar-refractivity contribution in [3.05, 3.63) is 29.8 Å². The molecule has 0 aromatic carbocycles. The van der Waals surface area contributed by atoms with E-state index >= 15 is 0 Å². The maximum atomic E-state index is 4.59. The largest absolute Gasteiger partial charge is 0.370 e. The topological polar surface area (TPSA) is 63.6 Å². The molecule has 0 saturated carbocycles. The second kappa shape index (κ2) is 6.22. The van der Waals surface area contributed by atoms with Crippen molar-refractivity contribution in [1.29, 1.82) is 0 Å². The molecule has 0 aliphatic heterocycles. The van der Waals surface area contributed by atoms with Gasteiger partial charge in [-0.15, -0.1) is 0 Å². The molecule has 0 aliphatic carbocycles. The van der Waals surface area contributed by atoms with Crippen molar-refractivity contribution < 1.29 is 0 Å². The highest BCUT2D eigenvalue weighted by Gasteiger charge is 2.11. The number of nitrogens with one attached hydrogen (secondary N) is 1. The third-order valence-electron chi connectivity index (χ3n) is 2.90. The fourth-order valence-electron chi connectivity index (χ4n) is 1.94. The first-order chi connectivity index (χ1) is 9.26. The molecule has 0 amide bonds. The van der Waals surface area contributed by atoms with Crippen LogP contribution in [0.15, 0.2) is 18.6 Å². The lowest BCUT2D eigenvalue weighted by Gasteiger charge is -2.13. The van der Waals surface area contributed by atoms with Gasteiger partial charge in [0, 0.05) is 30.2 Å². The Balaban J connectivity index is 2.44. The minimum Gasteiger partial charge on any atom is -0.370 e. The second-order valence-electron chi connectivity index (χ2n) is 4.33. The Hall–Kier alpha value is -2.04. The van der Waals surface area contributed by atoms with E-state index in [-0.39, 0.29) is 0 Å². The first-order valence-corrected chi connectivity index (χ1v) is 6.64. The van der Waals surface area contributed by atoms with E-state index in [0.29, 0.717) is 11.5 Å². The number of anilines is 1. The third kappa shape index (κ3) is 3.05. The number of aryl methyl sites for hydroxylation is 1. The molecule has 0 radical (unpaired) electrons. The lowest BCUT2D eigenvalue weighted by atomic mass is 10.1. The van der Waals surface area contributed by atoms with Gasteiger partial charge in [0.05, 0.1) is 6.20 Å². The summed E-state index contributed by atoms with van der Waals surface area (Å²) in [6, 6.07) is 0. The molecule has 2 rings (SSSR count). The molecule has 2 aromatic heterocycles. The summed E-state index contributed by atoms with van der Waals surface area (Å²) in [4.78, 5) is 17.4. The summed E-state index contributed by atoms with van der Waals surface area (Å²) in [5.41, 5.74) is 2.87. The Bertz CT molecular complexity index is 539. The normalized spacial score (nSPS) is 10.5. The van der Waals surface area contributed by atoms with Gasteiger partial charge in [-0.05, 0) is 19.8 Å². The summed E-state index contributed by atoms with van der Waals surface area (Å²) in [5, 5.41) is 3.37. The molecule has 0 saturated heterocycles. The molecule has 2 heterocycles. The van der Waals surface area contributed by atoms with Crippen molar-refractivity contribution in [3.8, 4) is 11.5 Å². The van der Waals surface area contributed by atoms with Crippen molar-refractivity contribution >= 4 is 5.82 Å².